The second-order valence-electron chi connectivity index (χ2n) is 8.64. The van der Waals surface area contributed by atoms with Crippen LogP contribution in [0.4, 0.5) is 0 Å². The van der Waals surface area contributed by atoms with Gasteiger partial charge in [0.25, 0.3) is 0 Å². The molecule has 1 fully saturated rings. The molecule has 20 heavy (non-hydrogen) atoms. The number of aliphatic hydroxyl groups excluding tert-OH is 1. The Kier molecular flexibility index (Phi) is 3.57. The van der Waals surface area contributed by atoms with Crippen molar-refractivity contribution in [2.75, 3.05) is 0 Å². The lowest BCUT2D eigenvalue weighted by Gasteiger charge is -2.20. The Labute approximate surface area is 124 Å². The molecule has 2 rings (SSSR count). The van der Waals surface area contributed by atoms with Crippen molar-refractivity contribution in [1.29, 1.82) is 0 Å². The maximum Gasteiger partial charge on any atom is 0.0619 e. The minimum Gasteiger partial charge on any atom is -0.392 e. The van der Waals surface area contributed by atoms with E-state index in [4.69, 9.17) is 0 Å². The van der Waals surface area contributed by atoms with E-state index >= 15 is 0 Å². The van der Waals surface area contributed by atoms with E-state index < -0.39 is 0 Å². The highest BCUT2D eigenvalue weighted by atomic mass is 16.3. The van der Waals surface area contributed by atoms with Gasteiger partial charge >= 0.3 is 0 Å². The zero-order chi connectivity index (χ0) is 15.3. The molecule has 0 heterocycles. The Balaban J connectivity index is 2.05. The minimum absolute atomic E-state index is 0.192. The molecular formula is C19H30O. The molecule has 1 unspecified atom stereocenters. The van der Waals surface area contributed by atoms with Crippen molar-refractivity contribution < 1.29 is 5.11 Å². The minimum atomic E-state index is -0.236. The molecule has 0 bridgehead atoms. The zero-order valence-corrected chi connectivity index (χ0v) is 14.1. The Hall–Kier alpha value is -0.820. The molecule has 0 saturated heterocycles. The van der Waals surface area contributed by atoms with Crippen molar-refractivity contribution in [3.05, 3.63) is 35.4 Å². The molecule has 1 heteroatoms. The van der Waals surface area contributed by atoms with Crippen molar-refractivity contribution in [3.8, 4) is 0 Å². The summed E-state index contributed by atoms with van der Waals surface area (Å²) >= 11 is 0. The van der Waals surface area contributed by atoms with E-state index in [1.807, 2.05) is 0 Å². The molecule has 0 aromatic heterocycles. The molecule has 1 aliphatic rings. The Bertz CT molecular complexity index is 459. The summed E-state index contributed by atoms with van der Waals surface area (Å²) in [6, 6.07) is 8.74. The smallest absolute Gasteiger partial charge is 0.0619 e. The van der Waals surface area contributed by atoms with Gasteiger partial charge in [-0.25, -0.2) is 0 Å². The van der Waals surface area contributed by atoms with Gasteiger partial charge in [0.15, 0.2) is 0 Å². The van der Waals surface area contributed by atoms with Crippen LogP contribution in [-0.4, -0.2) is 11.2 Å². The predicted octanol–water partition coefficient (Wildman–Crippen LogP) is 4.57. The van der Waals surface area contributed by atoms with Gasteiger partial charge in [0.2, 0.25) is 0 Å². The fraction of sp³-hybridized carbons (Fsp3) is 0.684. The van der Waals surface area contributed by atoms with Gasteiger partial charge in [-0.3, -0.25) is 0 Å². The van der Waals surface area contributed by atoms with Gasteiger partial charge in [0, 0.05) is 0 Å². The van der Waals surface area contributed by atoms with Crippen LogP contribution >= 0.6 is 0 Å². The van der Waals surface area contributed by atoms with E-state index in [1.54, 1.807) is 0 Å². The van der Waals surface area contributed by atoms with E-state index in [0.29, 0.717) is 5.92 Å². The zero-order valence-electron chi connectivity index (χ0n) is 14.1. The summed E-state index contributed by atoms with van der Waals surface area (Å²) in [6.07, 6.45) is 0.530. The molecule has 0 spiro atoms. The summed E-state index contributed by atoms with van der Waals surface area (Å²) in [7, 11) is 0. The molecule has 0 amide bonds. The Morgan fingerprint density at radius 3 is 1.80 bits per heavy atom. The average Bonchev–Trinajstić information content (AvgIpc) is 2.68. The number of hydrogen-bond donors (Lipinski definition) is 1. The Morgan fingerprint density at radius 2 is 1.45 bits per heavy atom. The van der Waals surface area contributed by atoms with Gasteiger partial charge in [-0.2, -0.15) is 0 Å². The molecule has 1 aliphatic carbocycles. The summed E-state index contributed by atoms with van der Waals surface area (Å²) in [5.74, 6) is 0.400. The summed E-state index contributed by atoms with van der Waals surface area (Å²) < 4.78 is 0. The lowest BCUT2D eigenvalue weighted by atomic mass is 9.86. The molecule has 0 aliphatic heterocycles. The molecule has 0 radical (unpaired) electrons. The lowest BCUT2D eigenvalue weighted by molar-refractivity contribution is 0.129. The van der Waals surface area contributed by atoms with Crippen LogP contribution in [0.2, 0.25) is 0 Å². The largest absolute Gasteiger partial charge is 0.392 e. The third kappa shape index (κ3) is 2.53. The quantitative estimate of drug-likeness (QED) is 0.856. The van der Waals surface area contributed by atoms with Crippen LogP contribution in [0.25, 0.3) is 0 Å². The second kappa shape index (κ2) is 4.59. The second-order valence-corrected chi connectivity index (χ2v) is 8.64. The SMILES string of the molecule is CC(C)(C)c1ccc(CC(O)C2C(C)(C)C2(C)C)cc1. The maximum atomic E-state index is 10.5. The van der Waals surface area contributed by atoms with Crippen molar-refractivity contribution in [2.45, 2.75) is 66.4 Å². The molecule has 1 saturated carbocycles. The van der Waals surface area contributed by atoms with Gasteiger partial charge in [-0.1, -0.05) is 72.7 Å². The normalized spacial score (nSPS) is 22.6. The fourth-order valence-corrected chi connectivity index (χ4v) is 3.71. The van der Waals surface area contributed by atoms with Crippen LogP contribution in [0.1, 0.15) is 59.6 Å². The summed E-state index contributed by atoms with van der Waals surface area (Å²) in [5.41, 5.74) is 3.28. The monoisotopic (exact) mass is 274 g/mol. The third-order valence-electron chi connectivity index (χ3n) is 5.78. The number of aliphatic hydroxyl groups is 1. The highest BCUT2D eigenvalue weighted by Gasteiger charge is 2.66. The van der Waals surface area contributed by atoms with E-state index in [2.05, 4.69) is 72.7 Å². The van der Waals surface area contributed by atoms with Crippen LogP contribution < -0.4 is 0 Å². The predicted molar refractivity (Wildman–Crippen MR) is 85.9 cm³/mol. The highest BCUT2D eigenvalue weighted by molar-refractivity contribution is 5.28. The van der Waals surface area contributed by atoms with Gasteiger partial charge in [-0.15, -0.1) is 0 Å². The molecule has 112 valence electrons. The third-order valence-corrected chi connectivity index (χ3v) is 5.78. The summed E-state index contributed by atoms with van der Waals surface area (Å²) in [6.45, 7) is 15.8. The Morgan fingerprint density at radius 1 is 1.00 bits per heavy atom. The van der Waals surface area contributed by atoms with Crippen LogP contribution in [0, 0.1) is 16.7 Å². The number of hydrogen-bond acceptors (Lipinski definition) is 1. The fourth-order valence-electron chi connectivity index (χ4n) is 3.71. The highest BCUT2D eigenvalue weighted by Crippen LogP contribution is 2.69. The van der Waals surface area contributed by atoms with Gasteiger partial charge in [0.1, 0.15) is 0 Å². The van der Waals surface area contributed by atoms with E-state index in [9.17, 15) is 5.11 Å². The maximum absolute atomic E-state index is 10.5. The van der Waals surface area contributed by atoms with Crippen molar-refractivity contribution in [3.63, 3.8) is 0 Å². The van der Waals surface area contributed by atoms with Crippen molar-refractivity contribution >= 4 is 0 Å². The van der Waals surface area contributed by atoms with E-state index in [0.717, 1.165) is 6.42 Å². The van der Waals surface area contributed by atoms with Gasteiger partial charge < -0.3 is 5.11 Å². The van der Waals surface area contributed by atoms with Gasteiger partial charge in [0.05, 0.1) is 6.10 Å². The standard InChI is InChI=1S/C19H30O/c1-17(2,3)14-10-8-13(9-11-14)12-15(20)16-18(4,5)19(16,6)7/h8-11,15-16,20H,12H2,1-7H3. The van der Waals surface area contributed by atoms with E-state index in [-0.39, 0.29) is 22.3 Å². The molecule has 1 nitrogen and oxygen atoms in total. The first-order valence-corrected chi connectivity index (χ1v) is 7.75. The number of rotatable bonds is 3. The van der Waals surface area contributed by atoms with E-state index in [1.165, 1.54) is 11.1 Å². The van der Waals surface area contributed by atoms with Crippen molar-refractivity contribution in [2.24, 2.45) is 16.7 Å². The molecule has 1 aromatic rings. The lowest BCUT2D eigenvalue weighted by Crippen LogP contribution is -2.18. The summed E-state index contributed by atoms with van der Waals surface area (Å²) in [5, 5.41) is 10.5. The van der Waals surface area contributed by atoms with Crippen LogP contribution in [0.5, 0.6) is 0 Å². The van der Waals surface area contributed by atoms with Gasteiger partial charge in [-0.05, 0) is 39.7 Å². The molecule has 1 aromatic carbocycles. The topological polar surface area (TPSA) is 20.2 Å². The van der Waals surface area contributed by atoms with Crippen molar-refractivity contribution in [1.82, 2.24) is 0 Å². The molecule has 1 atom stereocenters. The first kappa shape index (κ1) is 15.6. The summed E-state index contributed by atoms with van der Waals surface area (Å²) in [4.78, 5) is 0. The van der Waals surface area contributed by atoms with Crippen LogP contribution in [0.15, 0.2) is 24.3 Å². The first-order chi connectivity index (χ1) is 8.98. The number of benzene rings is 1. The van der Waals surface area contributed by atoms with Crippen LogP contribution in [-0.2, 0) is 11.8 Å². The molecular weight excluding hydrogens is 244 g/mol. The average molecular weight is 274 g/mol. The van der Waals surface area contributed by atoms with Crippen LogP contribution in [0.3, 0.4) is 0 Å². The first-order valence-electron chi connectivity index (χ1n) is 7.75. The molecule has 1 N–H and O–H groups in total.